The van der Waals surface area contributed by atoms with Gasteiger partial charge in [0.2, 0.25) is 0 Å². The minimum Gasteiger partial charge on any atom is -0.468 e. The summed E-state index contributed by atoms with van der Waals surface area (Å²) in [4.78, 5) is 66.6. The Balaban J connectivity index is 1.49. The van der Waals surface area contributed by atoms with E-state index in [1.807, 2.05) is 36.4 Å². The van der Waals surface area contributed by atoms with E-state index in [2.05, 4.69) is 10.2 Å². The van der Waals surface area contributed by atoms with Gasteiger partial charge in [0.25, 0.3) is 5.69 Å². The molecule has 4 rings (SSSR count). The lowest BCUT2D eigenvalue weighted by Crippen LogP contribution is -2.55. The molecule has 0 saturated carbocycles. The molecule has 0 aliphatic carbocycles. The maximum Gasteiger partial charge on any atom is 0.352 e. The van der Waals surface area contributed by atoms with Crippen molar-refractivity contribution in [1.82, 2.24) is 20.2 Å². The molecule has 2 aromatic carbocycles. The van der Waals surface area contributed by atoms with Gasteiger partial charge in [-0.3, -0.25) is 20.1 Å². The summed E-state index contributed by atoms with van der Waals surface area (Å²) in [6.07, 6.45) is 1.44. The zero-order chi connectivity index (χ0) is 34.8. The van der Waals surface area contributed by atoms with E-state index in [0.29, 0.717) is 48.9 Å². The molecule has 0 bridgehead atoms. The van der Waals surface area contributed by atoms with Crippen molar-refractivity contribution in [2.24, 2.45) is 0 Å². The first-order valence-electron chi connectivity index (χ1n) is 15.6. The number of nitriles is 1. The predicted molar refractivity (Wildman–Crippen MR) is 169 cm³/mol. The largest absolute Gasteiger partial charge is 0.468 e. The normalized spacial score (nSPS) is 17.6. The highest BCUT2D eigenvalue weighted by Gasteiger charge is 2.45. The first-order valence-corrected chi connectivity index (χ1v) is 15.6. The van der Waals surface area contributed by atoms with Crippen molar-refractivity contribution in [1.29, 1.82) is 5.26 Å². The van der Waals surface area contributed by atoms with Crippen LogP contribution >= 0.6 is 0 Å². The second kappa shape index (κ2) is 16.0. The van der Waals surface area contributed by atoms with Crippen molar-refractivity contribution in [2.75, 3.05) is 39.9 Å². The van der Waals surface area contributed by atoms with Crippen LogP contribution in [0.3, 0.4) is 0 Å². The number of hydroxylamine groups is 2. The lowest BCUT2D eigenvalue weighted by Gasteiger charge is -2.40. The Kier molecular flexibility index (Phi) is 11.8. The summed E-state index contributed by atoms with van der Waals surface area (Å²) in [5.74, 6) is -1.19. The highest BCUT2D eigenvalue weighted by atomic mass is 16.6. The number of hydrogen-bond acceptors (Lipinski definition) is 11. The van der Waals surface area contributed by atoms with E-state index >= 15 is 0 Å². The molecule has 1 saturated heterocycles. The van der Waals surface area contributed by atoms with Gasteiger partial charge in [-0.1, -0.05) is 37.3 Å². The Morgan fingerprint density at radius 2 is 1.81 bits per heavy atom. The van der Waals surface area contributed by atoms with Gasteiger partial charge in [0.15, 0.2) is 0 Å². The Morgan fingerprint density at radius 1 is 1.15 bits per heavy atom. The second-order valence-electron chi connectivity index (χ2n) is 11.4. The van der Waals surface area contributed by atoms with E-state index in [-0.39, 0.29) is 54.5 Å². The Hall–Kier alpha value is -5.33. The fourth-order valence-corrected chi connectivity index (χ4v) is 6.13. The number of nitrogens with one attached hydrogen (secondary N) is 1. The number of carbonyl (C=O) groups is 4. The van der Waals surface area contributed by atoms with Gasteiger partial charge in [-0.2, -0.15) is 5.26 Å². The van der Waals surface area contributed by atoms with Gasteiger partial charge in [0.1, 0.15) is 12.6 Å². The Bertz CT molecular complexity index is 1580. The Labute approximate surface area is 277 Å². The number of nitro benzene ring substituents is 1. The summed E-state index contributed by atoms with van der Waals surface area (Å²) in [5, 5.41) is 34.0. The number of likely N-dealkylation sites (tertiary alicyclic amines) is 1. The lowest BCUT2D eigenvalue weighted by atomic mass is 9.72. The molecule has 2 aliphatic heterocycles. The van der Waals surface area contributed by atoms with Gasteiger partial charge < -0.3 is 19.7 Å². The minimum absolute atomic E-state index is 0.0882. The molecule has 0 spiro atoms. The summed E-state index contributed by atoms with van der Waals surface area (Å²) in [5.41, 5.74) is 0.131. The number of piperidine rings is 1. The number of urea groups is 2. The average molecular weight is 663 g/mol. The minimum atomic E-state index is -1.39. The van der Waals surface area contributed by atoms with E-state index in [1.165, 1.54) is 31.4 Å². The highest BCUT2D eigenvalue weighted by Crippen LogP contribution is 2.38. The number of carbonyl (C=O) groups excluding carboxylic acids is 4. The van der Waals surface area contributed by atoms with Gasteiger partial charge in [0, 0.05) is 17.8 Å². The van der Waals surface area contributed by atoms with Crippen LogP contribution in [-0.2, 0) is 24.5 Å². The zero-order valence-corrected chi connectivity index (χ0v) is 26.8. The third kappa shape index (κ3) is 7.62. The summed E-state index contributed by atoms with van der Waals surface area (Å²) in [7, 11) is 1.38. The number of amides is 4. The third-order valence-electron chi connectivity index (χ3n) is 8.66. The van der Waals surface area contributed by atoms with Crippen molar-refractivity contribution < 1.29 is 38.8 Å². The Morgan fingerprint density at radius 3 is 2.40 bits per heavy atom. The number of nitro groups is 1. The van der Waals surface area contributed by atoms with Crippen LogP contribution in [0, 0.1) is 21.4 Å². The lowest BCUT2D eigenvalue weighted by molar-refractivity contribution is -0.384. The molecule has 4 amide bonds. The van der Waals surface area contributed by atoms with E-state index in [4.69, 9.17) is 14.7 Å². The molecule has 15 nitrogen and oxygen atoms in total. The van der Waals surface area contributed by atoms with Crippen molar-refractivity contribution in [2.45, 2.75) is 50.5 Å². The molecule has 1 unspecified atom stereocenters. The maximum atomic E-state index is 13.7. The topological polar surface area (TPSA) is 196 Å². The summed E-state index contributed by atoms with van der Waals surface area (Å²) in [6, 6.07) is 12.9. The van der Waals surface area contributed by atoms with Crippen LogP contribution in [-0.4, -0.2) is 88.9 Å². The van der Waals surface area contributed by atoms with Crippen molar-refractivity contribution in [3.63, 3.8) is 0 Å². The van der Waals surface area contributed by atoms with E-state index in [9.17, 15) is 34.5 Å². The fourth-order valence-electron chi connectivity index (χ4n) is 6.13. The summed E-state index contributed by atoms with van der Waals surface area (Å²) < 4.78 is 10.4. The average Bonchev–Trinajstić information content (AvgIpc) is 3.11. The van der Waals surface area contributed by atoms with Crippen LogP contribution in [0.25, 0.3) is 0 Å². The molecule has 1 atom stereocenters. The predicted octanol–water partition coefficient (Wildman–Crippen LogP) is 4.19. The number of allylic oxidation sites excluding steroid dienone is 1. The summed E-state index contributed by atoms with van der Waals surface area (Å²) in [6.45, 7) is 2.89. The van der Waals surface area contributed by atoms with Gasteiger partial charge in [0.05, 0.1) is 42.1 Å². The van der Waals surface area contributed by atoms with Crippen LogP contribution in [0.1, 0.15) is 56.2 Å². The molecular formula is C33H38N6O9. The molecule has 48 heavy (non-hydrogen) atoms. The first-order chi connectivity index (χ1) is 23.1. The molecule has 0 radical (unpaired) electrons. The van der Waals surface area contributed by atoms with E-state index in [0.717, 1.165) is 5.56 Å². The zero-order valence-electron chi connectivity index (χ0n) is 26.8. The number of esters is 2. The van der Waals surface area contributed by atoms with Crippen LogP contribution in [0.4, 0.5) is 15.3 Å². The van der Waals surface area contributed by atoms with Crippen LogP contribution in [0.5, 0.6) is 0 Å². The van der Waals surface area contributed by atoms with Crippen molar-refractivity contribution in [3.05, 3.63) is 87.1 Å². The van der Waals surface area contributed by atoms with Gasteiger partial charge in [-0.15, -0.1) is 0 Å². The van der Waals surface area contributed by atoms with Gasteiger partial charge in [-0.25, -0.2) is 24.3 Å². The van der Waals surface area contributed by atoms with Crippen LogP contribution in [0.2, 0.25) is 0 Å². The number of hydrogen-bond donors (Lipinski definition) is 2. The highest BCUT2D eigenvalue weighted by molar-refractivity contribution is 6.01. The second-order valence-corrected chi connectivity index (χ2v) is 11.4. The third-order valence-corrected chi connectivity index (χ3v) is 8.66. The molecule has 254 valence electrons. The first kappa shape index (κ1) is 35.5. The quantitative estimate of drug-likeness (QED) is 0.109. The van der Waals surface area contributed by atoms with Crippen molar-refractivity contribution >= 4 is 29.7 Å². The molecule has 15 heteroatoms. The number of nitrogens with zero attached hydrogens (tertiary/aromatic N) is 5. The molecule has 2 aromatic rings. The van der Waals surface area contributed by atoms with E-state index < -0.39 is 34.4 Å². The fraction of sp³-hybridized carbons (Fsp3) is 0.424. The smallest absolute Gasteiger partial charge is 0.352 e. The molecule has 2 heterocycles. The SMILES string of the molecule is CCC1=C(C(=O)OCCC#N)C(c2ccc([N+](=O)[O-])cc2)N(C(=O)N(O)CCCN2CCC(C(=O)OC)(c3ccccc3)CC2)C(=O)N1. The number of ether oxygens (including phenoxy) is 2. The number of benzene rings is 2. The number of imide groups is 1. The van der Waals surface area contributed by atoms with Crippen LogP contribution < -0.4 is 5.32 Å². The van der Waals surface area contributed by atoms with E-state index in [1.54, 1.807) is 6.92 Å². The summed E-state index contributed by atoms with van der Waals surface area (Å²) >= 11 is 0. The molecule has 2 N–H and O–H groups in total. The number of methoxy groups -OCH3 is 1. The monoisotopic (exact) mass is 662 g/mol. The molecule has 1 fully saturated rings. The number of rotatable bonds is 12. The molecular weight excluding hydrogens is 624 g/mol. The van der Waals surface area contributed by atoms with Gasteiger partial charge >= 0.3 is 24.0 Å². The number of non-ortho nitro benzene ring substituents is 1. The standard InChI is InChI=1S/C33H38N6O9/c1-3-26-27(29(40)48-22-7-17-34)28(23-11-13-25(14-12-23)39(45)46)38(31(42)35-26)32(43)37(44)19-8-18-36-20-15-33(16-21-36,30(41)47-2)24-9-5-4-6-10-24/h4-6,9-14,28,44H,3,7-8,15-16,18-22H2,1-2H3,(H,35,42). The van der Waals surface area contributed by atoms with Crippen LogP contribution in [0.15, 0.2) is 65.9 Å². The van der Waals surface area contributed by atoms with Gasteiger partial charge in [-0.05, 0) is 68.6 Å². The molecule has 2 aliphatic rings. The molecule has 0 aromatic heterocycles. The van der Waals surface area contributed by atoms with Crippen molar-refractivity contribution in [3.8, 4) is 6.07 Å². The maximum absolute atomic E-state index is 13.7.